The molecule has 0 spiro atoms. The second-order valence-electron chi connectivity index (χ2n) is 13.3. The fourth-order valence-corrected chi connectivity index (χ4v) is 8.62. The number of rotatable bonds is 3. The van der Waals surface area contributed by atoms with Gasteiger partial charge in [-0.25, -0.2) is 0 Å². The molecule has 0 aliphatic carbocycles. The van der Waals surface area contributed by atoms with Crippen molar-refractivity contribution in [1.29, 1.82) is 0 Å². The molecule has 0 aromatic heterocycles. The zero-order valence-corrected chi connectivity index (χ0v) is 26.7. The van der Waals surface area contributed by atoms with Crippen molar-refractivity contribution < 1.29 is 0 Å². The molecule has 3 aliphatic rings. The van der Waals surface area contributed by atoms with Crippen molar-refractivity contribution in [2.24, 2.45) is 0 Å². The lowest BCUT2D eigenvalue weighted by atomic mass is 9.41. The summed E-state index contributed by atoms with van der Waals surface area (Å²) in [6.07, 6.45) is 0. The highest BCUT2D eigenvalue weighted by molar-refractivity contribution is 6.95. The van der Waals surface area contributed by atoms with E-state index in [1.165, 1.54) is 94.6 Å². The zero-order chi connectivity index (χ0) is 32.1. The van der Waals surface area contributed by atoms with Gasteiger partial charge in [-0.05, 0) is 104 Å². The van der Waals surface area contributed by atoms with E-state index in [1.54, 1.807) is 0 Å². The Labute approximate surface area is 286 Å². The minimum atomic E-state index is 0.0549. The average molecular weight is 621 g/mol. The lowest BCUT2D eigenvalue weighted by molar-refractivity contribution is 1.26. The lowest BCUT2D eigenvalue weighted by Crippen LogP contribution is -2.63. The Hall–Kier alpha value is -6.32. The van der Waals surface area contributed by atoms with Crippen molar-refractivity contribution in [2.75, 3.05) is 9.71 Å². The molecule has 8 aromatic rings. The van der Waals surface area contributed by atoms with Crippen molar-refractivity contribution >= 4 is 57.0 Å². The number of hydrogen-bond donors (Lipinski definition) is 0. The molecule has 8 aromatic carbocycles. The molecule has 0 radical (unpaired) electrons. The van der Waals surface area contributed by atoms with Crippen LogP contribution in [-0.4, -0.2) is 6.85 Å². The number of hydrogen-bond acceptors (Lipinski definition) is 2. The van der Waals surface area contributed by atoms with Gasteiger partial charge in [-0.3, -0.25) is 0 Å². The molecule has 3 aliphatic heterocycles. The van der Waals surface area contributed by atoms with Crippen LogP contribution < -0.4 is 20.6 Å². The lowest BCUT2D eigenvalue weighted by Gasteiger charge is -2.49. The molecule has 0 bridgehead atoms. The minimum absolute atomic E-state index is 0.0549. The first-order valence-electron chi connectivity index (χ1n) is 17.1. The fraction of sp³-hybridized carbons (Fsp3) is 0. The van der Waals surface area contributed by atoms with Crippen LogP contribution in [0, 0.1) is 0 Å². The van der Waals surface area contributed by atoms with Crippen LogP contribution in [0.3, 0.4) is 0 Å². The van der Waals surface area contributed by atoms with Gasteiger partial charge in [0.25, 0.3) is 0 Å². The summed E-state index contributed by atoms with van der Waals surface area (Å²) >= 11 is 0. The van der Waals surface area contributed by atoms with E-state index in [0.29, 0.717) is 0 Å². The number of benzene rings is 8. The molecule has 0 N–H and O–H groups in total. The van der Waals surface area contributed by atoms with Gasteiger partial charge in [0, 0.05) is 39.6 Å². The molecule has 3 heterocycles. The first-order chi connectivity index (χ1) is 24.3. The number of fused-ring (bicyclic) bond motifs is 7. The van der Waals surface area contributed by atoms with Gasteiger partial charge in [-0.15, -0.1) is 0 Å². The molecule has 49 heavy (non-hydrogen) atoms. The van der Waals surface area contributed by atoms with Gasteiger partial charge in [0.05, 0.1) is 0 Å². The van der Waals surface area contributed by atoms with Crippen LogP contribution in [0.25, 0.3) is 55.3 Å². The van der Waals surface area contributed by atoms with Gasteiger partial charge in [-0.2, -0.15) is 0 Å². The van der Waals surface area contributed by atoms with E-state index >= 15 is 0 Å². The summed E-state index contributed by atoms with van der Waals surface area (Å²) in [4.78, 5) is 5.14. The minimum Gasteiger partial charge on any atom is -0.376 e. The van der Waals surface area contributed by atoms with Crippen LogP contribution in [0.1, 0.15) is 0 Å². The van der Waals surface area contributed by atoms with Crippen LogP contribution in [0.4, 0.5) is 28.4 Å². The normalized spacial score (nSPS) is 13.2. The first kappa shape index (κ1) is 26.7. The van der Waals surface area contributed by atoms with Crippen LogP contribution in [0.2, 0.25) is 0 Å². The highest BCUT2D eigenvalue weighted by Crippen LogP contribution is 2.52. The van der Waals surface area contributed by atoms with Gasteiger partial charge >= 0.3 is 6.85 Å². The molecule has 0 amide bonds. The van der Waals surface area contributed by atoms with E-state index in [-0.39, 0.29) is 6.85 Å². The Bertz CT molecular complexity index is 2490. The summed E-state index contributed by atoms with van der Waals surface area (Å²) in [5.74, 6) is 0. The van der Waals surface area contributed by atoms with Crippen LogP contribution >= 0.6 is 0 Å². The molecule has 2 nitrogen and oxygen atoms in total. The standard InChI is InChI=1S/C46H29BN2/c1-3-11-30(12-4-1)34-22-25-41-39(28-34)37-17-9-19-43-45(37)47-46-38(40-29-35(23-26-42(40)49(41)47)31-13-5-2-6-14-31)18-10-20-44(46)48(43)36-24-21-32-15-7-8-16-33(32)27-36/h1-29H. The van der Waals surface area contributed by atoms with Gasteiger partial charge in [0.2, 0.25) is 0 Å². The molecule has 3 heteroatoms. The molecule has 0 unspecified atom stereocenters. The Morgan fingerprint density at radius 3 is 1.43 bits per heavy atom. The van der Waals surface area contributed by atoms with Crippen molar-refractivity contribution in [2.45, 2.75) is 0 Å². The van der Waals surface area contributed by atoms with E-state index in [0.717, 1.165) is 0 Å². The first-order valence-corrected chi connectivity index (χ1v) is 17.1. The number of anilines is 5. The quantitative estimate of drug-likeness (QED) is 0.181. The van der Waals surface area contributed by atoms with Crippen molar-refractivity contribution in [3.63, 3.8) is 0 Å². The Morgan fingerprint density at radius 1 is 0.327 bits per heavy atom. The van der Waals surface area contributed by atoms with Crippen LogP contribution in [0.15, 0.2) is 176 Å². The van der Waals surface area contributed by atoms with Crippen molar-refractivity contribution in [3.05, 3.63) is 176 Å². The molecule has 0 atom stereocenters. The predicted octanol–water partition coefficient (Wildman–Crippen LogP) is 10.9. The molecule has 0 fully saturated rings. The predicted molar refractivity (Wildman–Crippen MR) is 208 cm³/mol. The summed E-state index contributed by atoms with van der Waals surface area (Å²) in [5, 5.41) is 2.50. The smallest absolute Gasteiger partial charge is 0.333 e. The third-order valence-electron chi connectivity index (χ3n) is 10.8. The second-order valence-corrected chi connectivity index (χ2v) is 13.3. The van der Waals surface area contributed by atoms with E-state index < -0.39 is 0 Å². The zero-order valence-electron chi connectivity index (χ0n) is 26.7. The molecular formula is C46H29BN2. The van der Waals surface area contributed by atoms with Gasteiger partial charge in [0.15, 0.2) is 0 Å². The second kappa shape index (κ2) is 10.1. The Morgan fingerprint density at radius 2 is 0.857 bits per heavy atom. The molecule has 0 saturated heterocycles. The van der Waals surface area contributed by atoms with E-state index in [1.807, 2.05) is 0 Å². The molecule has 226 valence electrons. The van der Waals surface area contributed by atoms with Crippen molar-refractivity contribution in [1.82, 2.24) is 0 Å². The van der Waals surface area contributed by atoms with Gasteiger partial charge < -0.3 is 9.71 Å². The van der Waals surface area contributed by atoms with E-state index in [4.69, 9.17) is 0 Å². The van der Waals surface area contributed by atoms with E-state index in [2.05, 4.69) is 186 Å². The third kappa shape index (κ3) is 3.79. The maximum atomic E-state index is 2.63. The van der Waals surface area contributed by atoms with Crippen LogP contribution in [-0.2, 0) is 0 Å². The maximum Gasteiger partial charge on any atom is 0.333 e. The SMILES string of the molecule is c1ccc(-c2ccc3c(c2)-c2cccc4c2B2c5c(cccc5N4c4ccc5ccccc5c4)-c4cc(-c5ccccc5)ccc4N23)cc1. The summed E-state index contributed by atoms with van der Waals surface area (Å²) in [6, 6.07) is 65.0. The van der Waals surface area contributed by atoms with Crippen LogP contribution in [0.5, 0.6) is 0 Å². The average Bonchev–Trinajstić information content (AvgIpc) is 3.18. The van der Waals surface area contributed by atoms with Gasteiger partial charge in [0.1, 0.15) is 0 Å². The van der Waals surface area contributed by atoms with Gasteiger partial charge in [-0.1, -0.05) is 127 Å². The van der Waals surface area contributed by atoms with E-state index in [9.17, 15) is 0 Å². The highest BCUT2D eigenvalue weighted by atomic mass is 15.2. The molecule has 0 saturated carbocycles. The Kier molecular flexibility index (Phi) is 5.50. The topological polar surface area (TPSA) is 6.48 Å². The monoisotopic (exact) mass is 620 g/mol. The molecule has 11 rings (SSSR count). The summed E-state index contributed by atoms with van der Waals surface area (Å²) in [6.45, 7) is 0.0549. The third-order valence-corrected chi connectivity index (χ3v) is 10.8. The number of nitrogens with zero attached hydrogens (tertiary/aromatic N) is 2. The maximum absolute atomic E-state index is 2.63. The highest BCUT2D eigenvalue weighted by Gasteiger charge is 2.48. The molecular weight excluding hydrogens is 591 g/mol. The fourth-order valence-electron chi connectivity index (χ4n) is 8.62. The largest absolute Gasteiger partial charge is 0.376 e. The summed E-state index contributed by atoms with van der Waals surface area (Å²) in [7, 11) is 0. The summed E-state index contributed by atoms with van der Waals surface area (Å²) < 4.78 is 0. The Balaban J connectivity index is 1.23. The summed E-state index contributed by atoms with van der Waals surface area (Å²) in [5.41, 5.74) is 19.0. The van der Waals surface area contributed by atoms with Crippen molar-refractivity contribution in [3.8, 4) is 44.5 Å².